The predicted octanol–water partition coefficient (Wildman–Crippen LogP) is 0.355. The van der Waals surface area contributed by atoms with E-state index in [-0.39, 0.29) is 5.96 Å². The molecule has 0 saturated carbocycles. The van der Waals surface area contributed by atoms with Gasteiger partial charge in [0.2, 0.25) is 5.96 Å². The Balaban J connectivity index is 2.56. The third kappa shape index (κ3) is 2.81. The van der Waals surface area contributed by atoms with Gasteiger partial charge in [-0.15, -0.1) is 5.10 Å². The van der Waals surface area contributed by atoms with Crippen molar-refractivity contribution in [1.29, 1.82) is 0 Å². The van der Waals surface area contributed by atoms with Gasteiger partial charge in [-0.25, -0.2) is 0 Å². The molecule has 0 spiro atoms. The Morgan fingerprint density at radius 2 is 2.36 bits per heavy atom. The van der Waals surface area contributed by atoms with Gasteiger partial charge in [0.15, 0.2) is 0 Å². The van der Waals surface area contributed by atoms with Gasteiger partial charge in [-0.3, -0.25) is 0 Å². The molecule has 0 aliphatic rings. The predicted molar refractivity (Wildman–Crippen MR) is 47.7 cm³/mol. The molecule has 4 nitrogen and oxygen atoms in total. The second-order valence-electron chi connectivity index (χ2n) is 1.83. The van der Waals surface area contributed by atoms with Crippen LogP contribution < -0.4 is 11.5 Å². The van der Waals surface area contributed by atoms with Crippen LogP contribution in [0, 0.1) is 0 Å². The quantitative estimate of drug-likeness (QED) is 0.380. The topological polar surface area (TPSA) is 76.8 Å². The third-order valence-electron chi connectivity index (χ3n) is 0.923. The molecule has 1 heterocycles. The average molecular weight is 168 g/mol. The Bertz CT molecular complexity index is 258. The van der Waals surface area contributed by atoms with E-state index in [9.17, 15) is 0 Å². The van der Waals surface area contributed by atoms with E-state index in [1.165, 1.54) is 0 Å². The molecule has 0 saturated heterocycles. The molecule has 0 unspecified atom stereocenters. The summed E-state index contributed by atoms with van der Waals surface area (Å²) < 4.78 is 0. The second-order valence-corrected chi connectivity index (χ2v) is 2.61. The number of hydrogen-bond donors (Lipinski definition) is 2. The molecule has 0 bridgehead atoms. The largest absolute Gasteiger partial charge is 0.369 e. The summed E-state index contributed by atoms with van der Waals surface area (Å²) in [4.78, 5) is 0. The van der Waals surface area contributed by atoms with Crippen LogP contribution in [0.25, 0.3) is 0 Å². The van der Waals surface area contributed by atoms with Crippen molar-refractivity contribution in [3.63, 3.8) is 0 Å². The Morgan fingerprint density at radius 1 is 1.55 bits per heavy atom. The fourth-order valence-corrected chi connectivity index (χ4v) is 1.12. The fraction of sp³-hybridized carbons (Fsp3) is 0. The highest BCUT2D eigenvalue weighted by Gasteiger charge is 1.83. The van der Waals surface area contributed by atoms with E-state index in [1.807, 2.05) is 16.8 Å². The van der Waals surface area contributed by atoms with Crippen molar-refractivity contribution in [2.45, 2.75) is 0 Å². The van der Waals surface area contributed by atoms with Crippen LogP contribution >= 0.6 is 11.3 Å². The first kappa shape index (κ1) is 7.74. The van der Waals surface area contributed by atoms with Crippen molar-refractivity contribution in [2.75, 3.05) is 0 Å². The number of nitrogens with zero attached hydrogens (tertiary/aromatic N) is 2. The first-order valence-electron chi connectivity index (χ1n) is 2.93. The lowest BCUT2D eigenvalue weighted by Crippen LogP contribution is -2.21. The summed E-state index contributed by atoms with van der Waals surface area (Å²) in [6.07, 6.45) is 1.59. The molecule has 0 radical (unpaired) electrons. The number of guanidine groups is 1. The highest BCUT2D eigenvalue weighted by molar-refractivity contribution is 7.08. The van der Waals surface area contributed by atoms with Crippen LogP contribution in [0.3, 0.4) is 0 Å². The smallest absolute Gasteiger partial charge is 0.211 e. The molecule has 1 aromatic heterocycles. The van der Waals surface area contributed by atoms with Gasteiger partial charge in [0.25, 0.3) is 0 Å². The molecule has 0 fully saturated rings. The molecular formula is C6H8N4S. The first-order chi connectivity index (χ1) is 5.29. The molecular weight excluding hydrogens is 160 g/mol. The van der Waals surface area contributed by atoms with Crippen LogP contribution in [0.5, 0.6) is 0 Å². The van der Waals surface area contributed by atoms with Crippen molar-refractivity contribution < 1.29 is 0 Å². The average Bonchev–Trinajstić information content (AvgIpc) is 2.39. The molecule has 0 atom stereocenters. The minimum Gasteiger partial charge on any atom is -0.369 e. The summed E-state index contributed by atoms with van der Waals surface area (Å²) in [6.45, 7) is 0. The molecule has 1 rings (SSSR count). The maximum atomic E-state index is 5.05. The molecule has 11 heavy (non-hydrogen) atoms. The van der Waals surface area contributed by atoms with Gasteiger partial charge >= 0.3 is 0 Å². The van der Waals surface area contributed by atoms with Crippen molar-refractivity contribution in [3.05, 3.63) is 22.4 Å². The summed E-state index contributed by atoms with van der Waals surface area (Å²) >= 11 is 1.60. The number of thiophene rings is 1. The fourth-order valence-electron chi connectivity index (χ4n) is 0.511. The normalized spacial score (nSPS) is 10.2. The molecule has 0 aromatic carbocycles. The minimum atomic E-state index is -0.0310. The summed E-state index contributed by atoms with van der Waals surface area (Å²) in [7, 11) is 0. The van der Waals surface area contributed by atoms with Crippen molar-refractivity contribution in [3.8, 4) is 0 Å². The van der Waals surface area contributed by atoms with E-state index in [1.54, 1.807) is 17.6 Å². The van der Waals surface area contributed by atoms with Crippen molar-refractivity contribution >= 4 is 23.5 Å². The molecule has 0 aliphatic heterocycles. The van der Waals surface area contributed by atoms with Crippen LogP contribution in [-0.4, -0.2) is 12.2 Å². The maximum Gasteiger partial charge on any atom is 0.211 e. The van der Waals surface area contributed by atoms with Gasteiger partial charge in [0.05, 0.1) is 6.21 Å². The monoisotopic (exact) mass is 168 g/mol. The van der Waals surface area contributed by atoms with Gasteiger partial charge in [-0.2, -0.15) is 16.4 Å². The molecule has 0 amide bonds. The summed E-state index contributed by atoms with van der Waals surface area (Å²) in [5, 5.41) is 11.0. The zero-order valence-corrected chi connectivity index (χ0v) is 6.58. The first-order valence-corrected chi connectivity index (χ1v) is 3.87. The van der Waals surface area contributed by atoms with Gasteiger partial charge in [0, 0.05) is 5.56 Å². The van der Waals surface area contributed by atoms with Gasteiger partial charge in [-0.05, 0) is 16.8 Å². The van der Waals surface area contributed by atoms with E-state index >= 15 is 0 Å². The zero-order chi connectivity index (χ0) is 8.10. The lowest BCUT2D eigenvalue weighted by molar-refractivity contribution is 1.22. The lowest BCUT2D eigenvalue weighted by atomic mass is 10.4. The Kier molecular flexibility index (Phi) is 2.62. The van der Waals surface area contributed by atoms with Crippen molar-refractivity contribution in [2.24, 2.45) is 21.7 Å². The maximum absolute atomic E-state index is 5.05. The van der Waals surface area contributed by atoms with Gasteiger partial charge in [-0.1, -0.05) is 0 Å². The summed E-state index contributed by atoms with van der Waals surface area (Å²) in [6, 6.07) is 1.93. The van der Waals surface area contributed by atoms with Crippen molar-refractivity contribution in [1.82, 2.24) is 0 Å². The molecule has 0 aliphatic carbocycles. The Hall–Kier alpha value is -1.36. The number of hydrogen-bond acceptors (Lipinski definition) is 3. The Morgan fingerprint density at radius 3 is 2.91 bits per heavy atom. The zero-order valence-electron chi connectivity index (χ0n) is 5.77. The third-order valence-corrected chi connectivity index (χ3v) is 1.62. The van der Waals surface area contributed by atoms with Gasteiger partial charge in [0.1, 0.15) is 0 Å². The molecule has 5 heteroatoms. The Labute approximate surface area is 68.2 Å². The van der Waals surface area contributed by atoms with Crippen LogP contribution in [0.15, 0.2) is 27.0 Å². The highest BCUT2D eigenvalue weighted by atomic mass is 32.1. The van der Waals surface area contributed by atoms with Gasteiger partial charge < -0.3 is 11.5 Å². The van der Waals surface area contributed by atoms with Crippen LogP contribution in [-0.2, 0) is 0 Å². The summed E-state index contributed by atoms with van der Waals surface area (Å²) in [5.74, 6) is -0.0310. The second kappa shape index (κ2) is 3.72. The SMILES string of the molecule is NC(N)=NN=Cc1ccsc1. The van der Waals surface area contributed by atoms with E-state index < -0.39 is 0 Å². The number of nitrogens with two attached hydrogens (primary N) is 2. The highest BCUT2D eigenvalue weighted by Crippen LogP contribution is 2.02. The van der Waals surface area contributed by atoms with E-state index in [4.69, 9.17) is 11.5 Å². The molecule has 58 valence electrons. The summed E-state index contributed by atoms with van der Waals surface area (Å²) in [5.41, 5.74) is 11.1. The molecule has 4 N–H and O–H groups in total. The van der Waals surface area contributed by atoms with E-state index in [0.29, 0.717) is 0 Å². The minimum absolute atomic E-state index is 0.0310. The van der Waals surface area contributed by atoms with Crippen LogP contribution in [0.1, 0.15) is 5.56 Å². The molecule has 1 aromatic rings. The van der Waals surface area contributed by atoms with E-state index in [0.717, 1.165) is 5.56 Å². The lowest BCUT2D eigenvalue weighted by Gasteiger charge is -1.82. The van der Waals surface area contributed by atoms with E-state index in [2.05, 4.69) is 10.2 Å². The van der Waals surface area contributed by atoms with Crippen LogP contribution in [0.4, 0.5) is 0 Å². The number of rotatable bonds is 2. The standard InChI is InChI=1S/C6H8N4S/c7-6(8)10-9-3-5-1-2-11-4-5/h1-4H,(H4,7,8,10). The van der Waals surface area contributed by atoms with Crippen LogP contribution in [0.2, 0.25) is 0 Å².